The van der Waals surface area contributed by atoms with E-state index < -0.39 is 0 Å². The summed E-state index contributed by atoms with van der Waals surface area (Å²) in [6.45, 7) is 23.0. The van der Waals surface area contributed by atoms with Crippen molar-refractivity contribution in [3.8, 4) is 22.4 Å². The maximum atomic E-state index is 5.05. The summed E-state index contributed by atoms with van der Waals surface area (Å²) >= 11 is 0. The van der Waals surface area contributed by atoms with Crippen LogP contribution in [0.1, 0.15) is 107 Å². The van der Waals surface area contributed by atoms with Crippen LogP contribution < -0.4 is 4.57 Å². The third kappa shape index (κ3) is 5.28. The number of hydrogen-bond donors (Lipinski definition) is 0. The van der Waals surface area contributed by atoms with E-state index >= 15 is 0 Å². The zero-order valence-corrected chi connectivity index (χ0v) is 25.5. The van der Waals surface area contributed by atoms with Crippen molar-refractivity contribution < 1.29 is 4.57 Å². The van der Waals surface area contributed by atoms with Crippen LogP contribution in [0.3, 0.4) is 0 Å². The number of rotatable bonds is 7. The molecule has 2 heteroatoms. The van der Waals surface area contributed by atoms with E-state index in [9.17, 15) is 0 Å². The predicted octanol–water partition coefficient (Wildman–Crippen LogP) is 9.58. The van der Waals surface area contributed by atoms with Gasteiger partial charge in [0.1, 0.15) is 18.8 Å². The summed E-state index contributed by atoms with van der Waals surface area (Å²) in [5.74, 6) is 2.01. The maximum absolute atomic E-state index is 5.05. The van der Waals surface area contributed by atoms with Crippen LogP contribution in [0.2, 0.25) is 0 Å². The molecule has 1 aromatic heterocycles. The van der Waals surface area contributed by atoms with Gasteiger partial charge in [-0.3, -0.25) is 0 Å². The fraction of sp³-hybridized carbons (Fsp3) is 0.444. The van der Waals surface area contributed by atoms with E-state index in [0.29, 0.717) is 23.7 Å². The molecule has 0 aliphatic rings. The molecule has 3 aromatic carbocycles. The average molecular weight is 508 g/mol. The smallest absolute Gasteiger partial charge is 0.231 e. The van der Waals surface area contributed by atoms with Gasteiger partial charge in [-0.1, -0.05) is 85.7 Å². The highest BCUT2D eigenvalue weighted by molar-refractivity contribution is 5.81. The molecule has 0 atom stereocenters. The number of fused-ring (bicyclic) bond motifs is 1. The Hall–Kier alpha value is -3.00. The van der Waals surface area contributed by atoms with Gasteiger partial charge in [0.2, 0.25) is 11.2 Å². The molecule has 0 spiro atoms. The van der Waals surface area contributed by atoms with Gasteiger partial charge in [-0.15, -0.1) is 0 Å². The van der Waals surface area contributed by atoms with E-state index in [4.69, 9.17) is 4.98 Å². The van der Waals surface area contributed by atoms with Crippen LogP contribution in [-0.2, 0) is 13.5 Å². The summed E-state index contributed by atoms with van der Waals surface area (Å²) < 4.78 is 2.34. The molecular formula is C36H47N2+. The lowest BCUT2D eigenvalue weighted by molar-refractivity contribution is -0.634. The third-order valence-corrected chi connectivity index (χ3v) is 8.13. The molecule has 4 rings (SSSR count). The molecule has 0 aliphatic heterocycles. The third-order valence-electron chi connectivity index (χ3n) is 8.13. The summed E-state index contributed by atoms with van der Waals surface area (Å²) in [5, 5.41) is 0. The molecule has 0 unspecified atom stereocenters. The van der Waals surface area contributed by atoms with E-state index in [1.807, 2.05) is 0 Å². The zero-order valence-electron chi connectivity index (χ0n) is 25.5. The number of hydrogen-bond acceptors (Lipinski definition) is 1. The molecule has 1 heterocycles. The topological polar surface area (TPSA) is 16.8 Å². The lowest BCUT2D eigenvalue weighted by Crippen LogP contribution is -2.33. The molecule has 0 bridgehead atoms. The summed E-state index contributed by atoms with van der Waals surface area (Å²) in [5.41, 5.74) is 15.8. The van der Waals surface area contributed by atoms with E-state index in [0.717, 1.165) is 17.6 Å². The molecule has 0 saturated carbocycles. The van der Waals surface area contributed by atoms with E-state index in [2.05, 4.69) is 130 Å². The minimum atomic E-state index is 0.448. The number of aryl methyl sites for hydroxylation is 2. The molecule has 0 saturated heterocycles. The van der Waals surface area contributed by atoms with Crippen molar-refractivity contribution in [1.29, 1.82) is 0 Å². The van der Waals surface area contributed by atoms with Gasteiger partial charge >= 0.3 is 0 Å². The van der Waals surface area contributed by atoms with Crippen LogP contribution in [0.4, 0.5) is 0 Å². The Balaban J connectivity index is 1.99. The average Bonchev–Trinajstić information content (AvgIpc) is 2.85. The van der Waals surface area contributed by atoms with E-state index in [-0.39, 0.29) is 0 Å². The lowest BCUT2D eigenvalue weighted by Gasteiger charge is -2.24. The molecule has 0 radical (unpaired) electrons. The van der Waals surface area contributed by atoms with Crippen LogP contribution in [-0.4, -0.2) is 4.98 Å². The summed E-state index contributed by atoms with van der Waals surface area (Å²) in [6.07, 6.45) is 3.13. The standard InChI is InChI=1S/C36H47N2/c1-21(2)15-27-13-12-14-33-36(27)37-20-34(38(33)11)32-19-29(16-25(9)26(32)10)35-30(23(5)6)17-28(22(3)4)18-31(35)24(7)8/h12-14,16-24H,15H2,1-11H3/q+1. The van der Waals surface area contributed by atoms with Crippen molar-refractivity contribution in [3.63, 3.8) is 0 Å². The second-order valence-electron chi connectivity index (χ2n) is 12.6. The van der Waals surface area contributed by atoms with Crippen molar-refractivity contribution in [2.24, 2.45) is 13.0 Å². The fourth-order valence-electron chi connectivity index (χ4n) is 5.75. The first-order valence-electron chi connectivity index (χ1n) is 14.5. The van der Waals surface area contributed by atoms with Crippen molar-refractivity contribution in [1.82, 2.24) is 4.98 Å². The van der Waals surface area contributed by atoms with Crippen molar-refractivity contribution >= 4 is 11.0 Å². The Morgan fingerprint density at radius 3 is 1.97 bits per heavy atom. The van der Waals surface area contributed by atoms with Crippen LogP contribution in [0.25, 0.3) is 33.4 Å². The summed E-state index contributed by atoms with van der Waals surface area (Å²) in [4.78, 5) is 5.05. The molecule has 4 aromatic rings. The van der Waals surface area contributed by atoms with Gasteiger partial charge in [0.05, 0.1) is 5.56 Å². The Labute approximate surface area is 231 Å². The number of nitrogens with zero attached hydrogens (tertiary/aromatic N) is 2. The Morgan fingerprint density at radius 1 is 0.789 bits per heavy atom. The van der Waals surface area contributed by atoms with Gasteiger partial charge in [0.25, 0.3) is 0 Å². The van der Waals surface area contributed by atoms with Crippen LogP contribution in [0, 0.1) is 19.8 Å². The maximum Gasteiger partial charge on any atom is 0.231 e. The van der Waals surface area contributed by atoms with E-state index in [1.54, 1.807) is 0 Å². The van der Waals surface area contributed by atoms with Gasteiger partial charge in [-0.2, -0.15) is 4.57 Å². The normalized spacial score (nSPS) is 12.1. The van der Waals surface area contributed by atoms with Gasteiger partial charge in [0, 0.05) is 6.07 Å². The second kappa shape index (κ2) is 11.0. The molecule has 0 N–H and O–H groups in total. The molecule has 0 amide bonds. The van der Waals surface area contributed by atoms with Gasteiger partial charge < -0.3 is 0 Å². The zero-order chi connectivity index (χ0) is 27.9. The summed E-state index contributed by atoms with van der Waals surface area (Å²) in [7, 11) is 2.19. The first-order chi connectivity index (χ1) is 17.9. The van der Waals surface area contributed by atoms with Crippen LogP contribution in [0.5, 0.6) is 0 Å². The first-order valence-corrected chi connectivity index (χ1v) is 14.5. The molecule has 38 heavy (non-hydrogen) atoms. The molecule has 2 nitrogen and oxygen atoms in total. The quantitative estimate of drug-likeness (QED) is 0.228. The monoisotopic (exact) mass is 507 g/mol. The number of benzene rings is 3. The van der Waals surface area contributed by atoms with Crippen molar-refractivity contribution in [2.75, 3.05) is 0 Å². The lowest BCUT2D eigenvalue weighted by atomic mass is 9.80. The van der Waals surface area contributed by atoms with E-state index in [1.165, 1.54) is 55.6 Å². The minimum absolute atomic E-state index is 0.448. The van der Waals surface area contributed by atoms with Gasteiger partial charge in [-0.25, -0.2) is 4.98 Å². The van der Waals surface area contributed by atoms with Crippen LogP contribution >= 0.6 is 0 Å². The Morgan fingerprint density at radius 2 is 1.42 bits per heavy atom. The first kappa shape index (κ1) is 28.0. The Kier molecular flexibility index (Phi) is 8.12. The fourth-order valence-corrected chi connectivity index (χ4v) is 5.75. The number of para-hydroxylation sites is 1. The SMILES string of the molecule is Cc1cc(-c2c(C(C)C)cc(C(C)C)cc2C(C)C)cc(-c2cnc3c(CC(C)C)cccc3[n+]2C)c1C. The second-order valence-corrected chi connectivity index (χ2v) is 12.6. The molecular weight excluding hydrogens is 460 g/mol. The predicted molar refractivity (Wildman–Crippen MR) is 164 cm³/mol. The minimum Gasteiger partial charge on any atom is -0.243 e. The highest BCUT2D eigenvalue weighted by Crippen LogP contribution is 2.41. The largest absolute Gasteiger partial charge is 0.243 e. The molecule has 0 aliphatic carbocycles. The summed E-state index contributed by atoms with van der Waals surface area (Å²) in [6, 6.07) is 16.4. The van der Waals surface area contributed by atoms with Crippen molar-refractivity contribution in [3.05, 3.63) is 82.0 Å². The Bertz CT molecular complexity index is 1440. The highest BCUT2D eigenvalue weighted by atomic mass is 15.0. The van der Waals surface area contributed by atoms with Crippen molar-refractivity contribution in [2.45, 2.75) is 93.4 Å². The van der Waals surface area contributed by atoms with Gasteiger partial charge in [-0.05, 0) is 94.5 Å². The molecule has 0 fully saturated rings. The molecule has 200 valence electrons. The van der Waals surface area contributed by atoms with Crippen LogP contribution in [0.15, 0.2) is 48.7 Å². The highest BCUT2D eigenvalue weighted by Gasteiger charge is 2.23. The van der Waals surface area contributed by atoms with Gasteiger partial charge in [0.15, 0.2) is 0 Å². The number of aromatic nitrogens is 2.